The number of carbonyl (C=O) groups is 3. The van der Waals surface area contributed by atoms with Crippen LogP contribution in [0.1, 0.15) is 51.1 Å². The summed E-state index contributed by atoms with van der Waals surface area (Å²) >= 11 is 0. The molecule has 4 rings (SSSR count). The zero-order valence-electron chi connectivity index (χ0n) is 22.5. The summed E-state index contributed by atoms with van der Waals surface area (Å²) in [5, 5.41) is 6.10. The summed E-state index contributed by atoms with van der Waals surface area (Å²) in [5.41, 5.74) is 0.0209. The number of rotatable bonds is 8. The number of Topliss-reactive ketones (excluding diaryl/α,β-unsaturated/α-hetero) is 1. The molecule has 3 heterocycles. The van der Waals surface area contributed by atoms with Gasteiger partial charge >= 0.3 is 0 Å². The Morgan fingerprint density at radius 2 is 1.90 bits per heavy atom. The lowest BCUT2D eigenvalue weighted by Gasteiger charge is -2.35. The van der Waals surface area contributed by atoms with Crippen LogP contribution in [0.25, 0.3) is 11.0 Å². The van der Waals surface area contributed by atoms with E-state index in [9.17, 15) is 22.8 Å². The second-order valence-electron chi connectivity index (χ2n) is 11.1. The van der Waals surface area contributed by atoms with Crippen molar-refractivity contribution in [2.45, 2.75) is 57.6 Å². The highest BCUT2D eigenvalue weighted by atomic mass is 32.2. The Hall–Kier alpha value is -3.57. The summed E-state index contributed by atoms with van der Waals surface area (Å²) in [6.45, 7) is 7.90. The number of hydrogen-bond donors (Lipinski definition) is 2. The average molecular weight is 555 g/mol. The van der Waals surface area contributed by atoms with Crippen LogP contribution in [0.15, 0.2) is 64.2 Å². The maximum absolute atomic E-state index is 14.2. The first kappa shape index (κ1) is 28.4. The monoisotopic (exact) mass is 554 g/mol. The van der Waals surface area contributed by atoms with Crippen molar-refractivity contribution in [3.05, 3.63) is 60.5 Å². The van der Waals surface area contributed by atoms with E-state index in [1.165, 1.54) is 18.3 Å². The Bertz CT molecular complexity index is 1430. The molecule has 2 N–H and O–H groups in total. The fourth-order valence-corrected chi connectivity index (χ4v) is 6.31. The molecule has 1 aliphatic heterocycles. The van der Waals surface area contributed by atoms with Gasteiger partial charge in [0, 0.05) is 18.1 Å². The molecule has 1 fully saturated rings. The van der Waals surface area contributed by atoms with Gasteiger partial charge in [-0.15, -0.1) is 0 Å². The molecule has 0 radical (unpaired) electrons. The number of benzene rings is 1. The summed E-state index contributed by atoms with van der Waals surface area (Å²) in [5.74, 6) is -2.07. The van der Waals surface area contributed by atoms with Crippen molar-refractivity contribution in [1.82, 2.24) is 19.9 Å². The fraction of sp³-hybridized carbons (Fsp3) is 0.429. The van der Waals surface area contributed by atoms with Gasteiger partial charge in [-0.25, -0.2) is 9.29 Å². The van der Waals surface area contributed by atoms with E-state index in [0.29, 0.717) is 21.8 Å². The van der Waals surface area contributed by atoms with E-state index in [1.54, 1.807) is 30.3 Å². The summed E-state index contributed by atoms with van der Waals surface area (Å²) in [6.07, 6.45) is 1.56. The number of fused-ring (bicyclic) bond motifs is 1. The fourth-order valence-electron chi connectivity index (χ4n) is 4.77. The predicted octanol–water partition coefficient (Wildman–Crippen LogP) is 3.15. The lowest BCUT2D eigenvalue weighted by Crippen LogP contribution is -2.57. The molecule has 11 heteroatoms. The molecule has 0 bridgehead atoms. The number of para-hydroxylation sites is 1. The zero-order chi connectivity index (χ0) is 28.4. The van der Waals surface area contributed by atoms with Crippen LogP contribution in [0.4, 0.5) is 0 Å². The number of carbonyl (C=O) groups excluding carboxylic acids is 3. The number of pyridine rings is 1. The van der Waals surface area contributed by atoms with Crippen LogP contribution in [0, 0.1) is 11.3 Å². The SMILES string of the molecule is CC(C)CC(NC(=O)c1cc2ccccc2o1)C(=O)N([C@H]1CC(C)(C)CNCC1=O)S(=O)(=O)c1ccccn1. The second kappa shape index (κ2) is 11.3. The van der Waals surface area contributed by atoms with Crippen molar-refractivity contribution >= 4 is 38.6 Å². The summed E-state index contributed by atoms with van der Waals surface area (Å²) < 4.78 is 34.2. The second-order valence-corrected chi connectivity index (χ2v) is 12.8. The van der Waals surface area contributed by atoms with Crippen molar-refractivity contribution in [2.24, 2.45) is 11.3 Å². The summed E-state index contributed by atoms with van der Waals surface area (Å²) in [6, 6.07) is 10.5. The van der Waals surface area contributed by atoms with Crippen molar-refractivity contribution in [2.75, 3.05) is 13.1 Å². The van der Waals surface area contributed by atoms with Crippen molar-refractivity contribution in [3.63, 3.8) is 0 Å². The topological polar surface area (TPSA) is 139 Å². The zero-order valence-corrected chi connectivity index (χ0v) is 23.3. The van der Waals surface area contributed by atoms with Crippen LogP contribution in [-0.2, 0) is 19.6 Å². The molecule has 2 amide bonds. The Kier molecular flexibility index (Phi) is 8.22. The summed E-state index contributed by atoms with van der Waals surface area (Å²) in [7, 11) is -4.55. The van der Waals surface area contributed by atoms with E-state index >= 15 is 0 Å². The molecule has 1 aliphatic rings. The van der Waals surface area contributed by atoms with E-state index in [1.807, 2.05) is 33.8 Å². The van der Waals surface area contributed by atoms with Gasteiger partial charge in [-0.3, -0.25) is 14.4 Å². The number of ketones is 1. The molecule has 0 spiro atoms. The minimum absolute atomic E-state index is 0.00670. The van der Waals surface area contributed by atoms with E-state index < -0.39 is 45.1 Å². The molecule has 2 aromatic heterocycles. The van der Waals surface area contributed by atoms with Crippen LogP contribution in [0.2, 0.25) is 0 Å². The predicted molar refractivity (Wildman–Crippen MR) is 145 cm³/mol. The number of hydrogen-bond acceptors (Lipinski definition) is 8. The molecular weight excluding hydrogens is 520 g/mol. The highest BCUT2D eigenvalue weighted by Gasteiger charge is 2.46. The van der Waals surface area contributed by atoms with E-state index in [0.717, 1.165) is 0 Å². The Morgan fingerprint density at radius 3 is 2.56 bits per heavy atom. The van der Waals surface area contributed by atoms with E-state index in [4.69, 9.17) is 4.42 Å². The van der Waals surface area contributed by atoms with Gasteiger partial charge in [-0.05, 0) is 48.4 Å². The standard InChI is InChI=1S/C28H34N4O6S/c1-18(2)13-20(31-26(34)24-14-19-9-5-6-10-23(19)38-24)27(35)32(39(36,37)25-11-7-8-12-30-25)21-15-28(3,4)17-29-16-22(21)33/h5-12,14,18,20-21,29H,13,15-17H2,1-4H3,(H,31,34)/t20?,21-/m0/s1. The Balaban J connectivity index is 1.75. The molecule has 0 aliphatic carbocycles. The number of nitrogens with one attached hydrogen (secondary N) is 2. The third kappa shape index (κ3) is 6.36. The quantitative estimate of drug-likeness (QED) is 0.433. The number of sulfonamides is 1. The molecular formula is C28H34N4O6S. The normalized spacial score (nSPS) is 18.5. The smallest absolute Gasteiger partial charge is 0.287 e. The molecule has 10 nitrogen and oxygen atoms in total. The van der Waals surface area contributed by atoms with Crippen molar-refractivity contribution in [1.29, 1.82) is 0 Å². The maximum atomic E-state index is 14.2. The van der Waals surface area contributed by atoms with Crippen LogP contribution in [-0.4, -0.2) is 60.5 Å². The molecule has 208 valence electrons. The maximum Gasteiger partial charge on any atom is 0.287 e. The van der Waals surface area contributed by atoms with Gasteiger partial charge in [-0.2, -0.15) is 8.42 Å². The summed E-state index contributed by atoms with van der Waals surface area (Å²) in [4.78, 5) is 44.7. The van der Waals surface area contributed by atoms with Gasteiger partial charge < -0.3 is 15.1 Å². The molecule has 39 heavy (non-hydrogen) atoms. The van der Waals surface area contributed by atoms with Gasteiger partial charge in [-0.1, -0.05) is 52.0 Å². The third-order valence-electron chi connectivity index (χ3n) is 6.64. The van der Waals surface area contributed by atoms with Gasteiger partial charge in [0.05, 0.1) is 6.54 Å². The Morgan fingerprint density at radius 1 is 1.18 bits per heavy atom. The van der Waals surface area contributed by atoms with E-state index in [2.05, 4.69) is 15.6 Å². The minimum Gasteiger partial charge on any atom is -0.451 e. The number of aromatic nitrogens is 1. The van der Waals surface area contributed by atoms with Gasteiger partial charge in [0.25, 0.3) is 21.8 Å². The first-order chi connectivity index (χ1) is 18.4. The Labute approximate surface area is 228 Å². The molecule has 3 aromatic rings. The first-order valence-electron chi connectivity index (χ1n) is 12.9. The van der Waals surface area contributed by atoms with Crippen molar-refractivity contribution < 1.29 is 27.2 Å². The molecule has 1 saturated heterocycles. The van der Waals surface area contributed by atoms with Gasteiger partial charge in [0.15, 0.2) is 16.6 Å². The third-order valence-corrected chi connectivity index (χ3v) is 8.36. The lowest BCUT2D eigenvalue weighted by molar-refractivity contribution is -0.135. The minimum atomic E-state index is -4.55. The van der Waals surface area contributed by atoms with Crippen LogP contribution in [0.5, 0.6) is 0 Å². The molecule has 1 unspecified atom stereocenters. The lowest BCUT2D eigenvalue weighted by atomic mass is 9.85. The molecule has 0 saturated carbocycles. The van der Waals surface area contributed by atoms with Gasteiger partial charge in [0.1, 0.15) is 17.7 Å². The molecule has 2 atom stereocenters. The van der Waals surface area contributed by atoms with E-state index in [-0.39, 0.29) is 36.1 Å². The largest absolute Gasteiger partial charge is 0.451 e. The highest BCUT2D eigenvalue weighted by Crippen LogP contribution is 2.31. The van der Waals surface area contributed by atoms with Gasteiger partial charge in [0.2, 0.25) is 0 Å². The average Bonchev–Trinajstić information content (AvgIpc) is 3.27. The van der Waals surface area contributed by atoms with Crippen molar-refractivity contribution in [3.8, 4) is 0 Å². The first-order valence-corrected chi connectivity index (χ1v) is 14.4. The van der Waals surface area contributed by atoms with Crippen LogP contribution in [0.3, 0.4) is 0 Å². The number of furan rings is 1. The van der Waals surface area contributed by atoms with Crippen LogP contribution >= 0.6 is 0 Å². The van der Waals surface area contributed by atoms with Crippen LogP contribution < -0.4 is 10.6 Å². The molecule has 1 aromatic carbocycles. The number of amides is 2. The highest BCUT2D eigenvalue weighted by molar-refractivity contribution is 7.89. The number of nitrogens with zero attached hydrogens (tertiary/aromatic N) is 2.